The van der Waals surface area contributed by atoms with Gasteiger partial charge in [0.05, 0.1) is 11.4 Å². The predicted octanol–water partition coefficient (Wildman–Crippen LogP) is 3.23. The number of nitrogens with zero attached hydrogens (tertiary/aromatic N) is 1. The Morgan fingerprint density at radius 3 is 2.14 bits per heavy atom. The molecule has 0 fully saturated rings. The summed E-state index contributed by atoms with van der Waals surface area (Å²) in [5, 5.41) is 3.37. The van der Waals surface area contributed by atoms with Crippen molar-refractivity contribution in [1.29, 1.82) is 0 Å². The lowest BCUT2D eigenvalue weighted by Gasteiger charge is -2.32. The summed E-state index contributed by atoms with van der Waals surface area (Å²) in [6.07, 6.45) is 1.10. The van der Waals surface area contributed by atoms with Crippen LogP contribution in [0.1, 0.15) is 6.42 Å². The highest BCUT2D eigenvalue weighted by Crippen LogP contribution is 2.47. The number of nitrogens with two attached hydrogens (primary N) is 1. The van der Waals surface area contributed by atoms with E-state index in [2.05, 4.69) is 58.7 Å². The lowest BCUT2D eigenvalue weighted by Crippen LogP contribution is -2.28. The molecule has 1 aliphatic heterocycles. The molecule has 110 valence electrons. The van der Waals surface area contributed by atoms with Gasteiger partial charge < -0.3 is 16.0 Å². The summed E-state index contributed by atoms with van der Waals surface area (Å²) in [4.78, 5) is 5.11. The van der Waals surface area contributed by atoms with Gasteiger partial charge in [-0.15, -0.1) is 0 Å². The van der Waals surface area contributed by atoms with Gasteiger partial charge in [0.15, 0.2) is 0 Å². The Morgan fingerprint density at radius 1 is 0.905 bits per heavy atom. The van der Waals surface area contributed by atoms with E-state index in [1.54, 1.807) is 0 Å². The molecule has 0 saturated carbocycles. The van der Waals surface area contributed by atoms with Gasteiger partial charge in [0.25, 0.3) is 0 Å². The Kier molecular flexibility index (Phi) is 4.80. The number of para-hydroxylation sites is 2. The van der Waals surface area contributed by atoms with Crippen molar-refractivity contribution in [2.24, 2.45) is 5.73 Å². The summed E-state index contributed by atoms with van der Waals surface area (Å²) in [7, 11) is 0. The Labute approximate surface area is 130 Å². The summed E-state index contributed by atoms with van der Waals surface area (Å²) in [6.45, 7) is 3.62. The number of rotatable bonds is 6. The first-order valence-corrected chi connectivity index (χ1v) is 8.26. The minimum Gasteiger partial charge on any atom is -0.340 e. The molecule has 1 aliphatic rings. The first-order valence-electron chi connectivity index (χ1n) is 7.44. The van der Waals surface area contributed by atoms with Crippen molar-refractivity contribution in [3.8, 4) is 0 Å². The number of hydrogen-bond donors (Lipinski definition) is 2. The zero-order valence-corrected chi connectivity index (χ0v) is 12.9. The van der Waals surface area contributed by atoms with Gasteiger partial charge in [-0.05, 0) is 37.2 Å². The fourth-order valence-corrected chi connectivity index (χ4v) is 3.71. The average Bonchev–Trinajstić information content (AvgIpc) is 2.53. The van der Waals surface area contributed by atoms with E-state index < -0.39 is 0 Å². The van der Waals surface area contributed by atoms with Gasteiger partial charge in [-0.25, -0.2) is 0 Å². The van der Waals surface area contributed by atoms with Crippen LogP contribution < -0.4 is 16.0 Å². The number of benzene rings is 2. The van der Waals surface area contributed by atoms with Crippen LogP contribution in [0.2, 0.25) is 0 Å². The van der Waals surface area contributed by atoms with Crippen molar-refractivity contribution in [1.82, 2.24) is 5.32 Å². The topological polar surface area (TPSA) is 41.3 Å². The van der Waals surface area contributed by atoms with Gasteiger partial charge in [0, 0.05) is 29.4 Å². The Bertz CT molecular complexity index is 555. The molecule has 0 saturated heterocycles. The molecule has 0 spiro atoms. The number of nitrogens with one attached hydrogen (secondary N) is 1. The van der Waals surface area contributed by atoms with E-state index in [0.717, 1.165) is 26.1 Å². The fourth-order valence-electron chi connectivity index (χ4n) is 2.61. The van der Waals surface area contributed by atoms with Crippen LogP contribution >= 0.6 is 11.8 Å². The van der Waals surface area contributed by atoms with Crippen LogP contribution in [0.4, 0.5) is 11.4 Å². The molecule has 3 rings (SSSR count). The molecule has 0 unspecified atom stereocenters. The first-order chi connectivity index (χ1) is 10.4. The van der Waals surface area contributed by atoms with Crippen LogP contribution in [0.25, 0.3) is 0 Å². The molecule has 3 N–H and O–H groups in total. The summed E-state index contributed by atoms with van der Waals surface area (Å²) in [6, 6.07) is 17.3. The molecule has 0 bridgehead atoms. The maximum Gasteiger partial charge on any atom is 0.0552 e. The standard InChI is InChI=1S/C17H21N3S/c18-10-12-19-11-5-13-20-14-6-1-3-8-16(14)21-17-9-4-2-7-15(17)20/h1-4,6-9,19H,5,10-13,18H2. The van der Waals surface area contributed by atoms with Crippen LogP contribution in [-0.4, -0.2) is 26.2 Å². The van der Waals surface area contributed by atoms with E-state index in [1.165, 1.54) is 21.2 Å². The van der Waals surface area contributed by atoms with Crippen LogP contribution in [0, 0.1) is 0 Å². The number of fused-ring (bicyclic) bond motifs is 2. The highest BCUT2D eigenvalue weighted by atomic mass is 32.2. The van der Waals surface area contributed by atoms with Crippen molar-refractivity contribution >= 4 is 23.1 Å². The molecule has 0 amide bonds. The Balaban J connectivity index is 1.78. The maximum atomic E-state index is 5.50. The minimum absolute atomic E-state index is 0.700. The molecule has 0 radical (unpaired) electrons. The summed E-state index contributed by atoms with van der Waals surface area (Å²) in [5.41, 5.74) is 8.14. The lowest BCUT2D eigenvalue weighted by molar-refractivity contribution is 0.653. The predicted molar refractivity (Wildman–Crippen MR) is 90.6 cm³/mol. The SMILES string of the molecule is NCCNCCCN1c2ccccc2Sc2ccccc21. The van der Waals surface area contributed by atoms with Gasteiger partial charge in [0.2, 0.25) is 0 Å². The quantitative estimate of drug-likeness (QED) is 0.804. The molecule has 0 atom stereocenters. The van der Waals surface area contributed by atoms with E-state index >= 15 is 0 Å². The molecule has 0 aliphatic carbocycles. The molecule has 2 aromatic rings. The van der Waals surface area contributed by atoms with Crippen LogP contribution in [0.15, 0.2) is 58.3 Å². The second-order valence-electron chi connectivity index (χ2n) is 5.08. The second kappa shape index (κ2) is 6.98. The maximum absolute atomic E-state index is 5.50. The van der Waals surface area contributed by atoms with Crippen LogP contribution in [0.5, 0.6) is 0 Å². The summed E-state index contributed by atoms with van der Waals surface area (Å²) >= 11 is 1.86. The van der Waals surface area contributed by atoms with Crippen molar-refractivity contribution < 1.29 is 0 Å². The molecular weight excluding hydrogens is 278 g/mol. The molecule has 4 heteroatoms. The summed E-state index contributed by atoms with van der Waals surface area (Å²) < 4.78 is 0. The van der Waals surface area contributed by atoms with Gasteiger partial charge in [0.1, 0.15) is 0 Å². The third-order valence-corrected chi connectivity index (χ3v) is 4.72. The second-order valence-corrected chi connectivity index (χ2v) is 6.17. The zero-order valence-electron chi connectivity index (χ0n) is 12.1. The van der Waals surface area contributed by atoms with Gasteiger partial charge in [-0.3, -0.25) is 0 Å². The Hall–Kier alpha value is -1.49. The van der Waals surface area contributed by atoms with Crippen LogP contribution in [-0.2, 0) is 0 Å². The third kappa shape index (κ3) is 3.23. The van der Waals surface area contributed by atoms with Crippen molar-refractivity contribution in [3.63, 3.8) is 0 Å². The summed E-state index contributed by atoms with van der Waals surface area (Å²) in [5.74, 6) is 0. The van der Waals surface area contributed by atoms with Crippen molar-refractivity contribution in [2.75, 3.05) is 31.1 Å². The van der Waals surface area contributed by atoms with E-state index in [4.69, 9.17) is 5.73 Å². The smallest absolute Gasteiger partial charge is 0.0552 e. The van der Waals surface area contributed by atoms with E-state index in [-0.39, 0.29) is 0 Å². The largest absolute Gasteiger partial charge is 0.340 e. The van der Waals surface area contributed by atoms with E-state index in [1.807, 2.05) is 11.8 Å². The first kappa shape index (κ1) is 14.4. The van der Waals surface area contributed by atoms with Gasteiger partial charge >= 0.3 is 0 Å². The molecular formula is C17H21N3S. The normalized spacial score (nSPS) is 12.9. The fraction of sp³-hybridized carbons (Fsp3) is 0.294. The molecule has 0 aromatic heterocycles. The number of anilines is 2. The van der Waals surface area contributed by atoms with Crippen LogP contribution in [0.3, 0.4) is 0 Å². The van der Waals surface area contributed by atoms with Gasteiger partial charge in [-0.1, -0.05) is 36.0 Å². The third-order valence-electron chi connectivity index (χ3n) is 3.59. The van der Waals surface area contributed by atoms with Crippen molar-refractivity contribution in [3.05, 3.63) is 48.5 Å². The molecule has 3 nitrogen and oxygen atoms in total. The monoisotopic (exact) mass is 299 g/mol. The highest BCUT2D eigenvalue weighted by molar-refractivity contribution is 7.99. The van der Waals surface area contributed by atoms with E-state index in [0.29, 0.717) is 6.54 Å². The van der Waals surface area contributed by atoms with Gasteiger partial charge in [-0.2, -0.15) is 0 Å². The minimum atomic E-state index is 0.700. The highest BCUT2D eigenvalue weighted by Gasteiger charge is 2.21. The lowest BCUT2D eigenvalue weighted by atomic mass is 10.2. The van der Waals surface area contributed by atoms with E-state index in [9.17, 15) is 0 Å². The Morgan fingerprint density at radius 2 is 1.52 bits per heavy atom. The molecule has 1 heterocycles. The zero-order chi connectivity index (χ0) is 14.5. The van der Waals surface area contributed by atoms with Crippen molar-refractivity contribution in [2.45, 2.75) is 16.2 Å². The average molecular weight is 299 g/mol. The number of hydrogen-bond acceptors (Lipinski definition) is 4. The molecule has 2 aromatic carbocycles. The molecule has 21 heavy (non-hydrogen) atoms.